The van der Waals surface area contributed by atoms with E-state index in [1.54, 1.807) is 39.8 Å². The highest BCUT2D eigenvalue weighted by Crippen LogP contribution is 2.21. The van der Waals surface area contributed by atoms with Crippen LogP contribution in [-0.4, -0.2) is 117 Å². The molecule has 56 heavy (non-hydrogen) atoms. The summed E-state index contributed by atoms with van der Waals surface area (Å²) in [6.07, 6.45) is 1.07. The molecule has 0 unspecified atom stereocenters. The Labute approximate surface area is 327 Å². The summed E-state index contributed by atoms with van der Waals surface area (Å²) < 4.78 is 0. The van der Waals surface area contributed by atoms with Gasteiger partial charge in [-0.05, 0) is 54.7 Å². The Morgan fingerprint density at radius 3 is 1.95 bits per heavy atom. The van der Waals surface area contributed by atoms with Gasteiger partial charge in [0.1, 0.15) is 36.0 Å². The molecule has 0 aliphatic carbocycles. The van der Waals surface area contributed by atoms with Crippen molar-refractivity contribution in [2.75, 3.05) is 13.1 Å². The standard InChI is InChI=1S/C38H59N7O11/c1-7-21(5)31(44-35(52)28-10-9-15-45(28)37(54)25(39)18-30(48)49)36(53)42-27(17-23-11-13-24(46)14-12-23)34(51)41-26(16-20(3)4)33(50)40-19-29(47)43-32(38(55)56)22(6)8-2/h11-14,20-22,25-28,31-32,46H,7-10,15-19,39H2,1-6H3,(H,40,50)(H,41,51)(H,42,53)(H,43,47)(H,44,52)(H,48,49)(H,55,56)/t21-,22-,25-,26-,27-,28-,31-,32-/m0/s1. The van der Waals surface area contributed by atoms with E-state index in [1.807, 2.05) is 13.8 Å². The van der Waals surface area contributed by atoms with Crippen LogP contribution in [-0.2, 0) is 44.8 Å². The predicted molar refractivity (Wildman–Crippen MR) is 204 cm³/mol. The minimum Gasteiger partial charge on any atom is -0.508 e. The van der Waals surface area contributed by atoms with E-state index in [0.29, 0.717) is 24.8 Å². The minimum atomic E-state index is -1.36. The molecule has 1 aliphatic rings. The molecule has 10 N–H and O–H groups in total. The summed E-state index contributed by atoms with van der Waals surface area (Å²) in [5.74, 6) is -7.71. The molecule has 6 amide bonds. The third-order valence-electron chi connectivity index (χ3n) is 9.91. The van der Waals surface area contributed by atoms with Crippen molar-refractivity contribution >= 4 is 47.4 Å². The van der Waals surface area contributed by atoms with Crippen LogP contribution in [0.25, 0.3) is 0 Å². The van der Waals surface area contributed by atoms with Gasteiger partial charge in [-0.25, -0.2) is 4.79 Å². The van der Waals surface area contributed by atoms with Crippen LogP contribution in [0.15, 0.2) is 24.3 Å². The fourth-order valence-electron chi connectivity index (χ4n) is 6.25. The lowest BCUT2D eigenvalue weighted by atomic mass is 9.96. The molecule has 1 aliphatic heterocycles. The number of carboxylic acid groups (broad SMARTS) is 2. The van der Waals surface area contributed by atoms with Gasteiger partial charge in [0, 0.05) is 13.0 Å². The Bertz CT molecular complexity index is 1550. The molecule has 1 heterocycles. The molecule has 18 heteroatoms. The van der Waals surface area contributed by atoms with E-state index in [4.69, 9.17) is 10.8 Å². The maximum absolute atomic E-state index is 14.0. The quantitative estimate of drug-likeness (QED) is 0.0751. The fraction of sp³-hybridized carbons (Fsp3) is 0.632. The summed E-state index contributed by atoms with van der Waals surface area (Å²) in [7, 11) is 0. The van der Waals surface area contributed by atoms with Crippen LogP contribution >= 0.6 is 0 Å². The van der Waals surface area contributed by atoms with Crippen molar-refractivity contribution in [2.24, 2.45) is 23.5 Å². The zero-order valence-electron chi connectivity index (χ0n) is 33.0. The number of nitrogens with zero attached hydrogens (tertiary/aromatic N) is 1. The number of benzene rings is 1. The third-order valence-corrected chi connectivity index (χ3v) is 9.91. The Morgan fingerprint density at radius 2 is 1.39 bits per heavy atom. The first kappa shape index (κ1) is 46.9. The molecule has 8 atom stereocenters. The second-order valence-electron chi connectivity index (χ2n) is 14.9. The molecular formula is C38H59N7O11. The number of hydrogen-bond acceptors (Lipinski definition) is 10. The number of nitrogens with one attached hydrogen (secondary N) is 5. The number of likely N-dealkylation sites (tertiary alicyclic amines) is 1. The normalized spacial score (nSPS) is 17.6. The number of hydrogen-bond donors (Lipinski definition) is 9. The molecule has 0 bridgehead atoms. The molecule has 1 fully saturated rings. The van der Waals surface area contributed by atoms with E-state index in [9.17, 15) is 48.6 Å². The van der Waals surface area contributed by atoms with Crippen molar-refractivity contribution < 1.29 is 53.7 Å². The third kappa shape index (κ3) is 14.4. The van der Waals surface area contributed by atoms with Gasteiger partial charge in [0.2, 0.25) is 35.4 Å². The summed E-state index contributed by atoms with van der Waals surface area (Å²) in [6, 6.07) is -1.24. The molecule has 312 valence electrons. The number of aromatic hydroxyl groups is 1. The van der Waals surface area contributed by atoms with E-state index in [0.717, 1.165) is 0 Å². The highest BCUT2D eigenvalue weighted by molar-refractivity contribution is 5.97. The van der Waals surface area contributed by atoms with Crippen LogP contribution in [0.2, 0.25) is 0 Å². The highest BCUT2D eigenvalue weighted by Gasteiger charge is 2.39. The van der Waals surface area contributed by atoms with Crippen LogP contribution in [0.1, 0.15) is 85.6 Å². The average molecular weight is 790 g/mol. The first-order valence-corrected chi connectivity index (χ1v) is 19.1. The summed E-state index contributed by atoms with van der Waals surface area (Å²) in [4.78, 5) is 105. The molecular weight excluding hydrogens is 730 g/mol. The van der Waals surface area contributed by atoms with Crippen molar-refractivity contribution in [3.05, 3.63) is 29.8 Å². The molecule has 1 aromatic rings. The molecule has 1 aromatic carbocycles. The van der Waals surface area contributed by atoms with E-state index in [2.05, 4.69) is 26.6 Å². The van der Waals surface area contributed by atoms with E-state index in [1.165, 1.54) is 17.0 Å². The Balaban J connectivity index is 2.31. The summed E-state index contributed by atoms with van der Waals surface area (Å²) in [5, 5.41) is 41.4. The van der Waals surface area contributed by atoms with E-state index < -0.39 is 103 Å². The molecule has 0 spiro atoms. The number of phenolic OH excluding ortho intramolecular Hbond substituents is 1. The highest BCUT2D eigenvalue weighted by atomic mass is 16.4. The summed E-state index contributed by atoms with van der Waals surface area (Å²) in [6.45, 7) is 10.2. The maximum atomic E-state index is 14.0. The second kappa shape index (κ2) is 22.3. The van der Waals surface area contributed by atoms with E-state index in [-0.39, 0.29) is 43.4 Å². The molecule has 1 saturated heterocycles. The Morgan fingerprint density at radius 1 is 0.804 bits per heavy atom. The lowest BCUT2D eigenvalue weighted by Gasteiger charge is -2.31. The molecule has 2 rings (SSSR count). The van der Waals surface area contributed by atoms with Gasteiger partial charge < -0.3 is 52.5 Å². The van der Waals surface area contributed by atoms with Gasteiger partial charge in [-0.1, -0.05) is 66.5 Å². The first-order valence-electron chi connectivity index (χ1n) is 19.1. The number of carbonyl (C=O) groups is 8. The summed E-state index contributed by atoms with van der Waals surface area (Å²) >= 11 is 0. The lowest BCUT2D eigenvalue weighted by Crippen LogP contribution is -2.60. The van der Waals surface area contributed by atoms with E-state index >= 15 is 0 Å². The van der Waals surface area contributed by atoms with Crippen LogP contribution < -0.4 is 32.3 Å². The van der Waals surface area contributed by atoms with Gasteiger partial charge >= 0.3 is 11.9 Å². The number of rotatable bonds is 22. The SMILES string of the molecule is CC[C@H](C)[C@H](NC(=O)CNC(=O)[C@H](CC(C)C)NC(=O)[C@H](Cc1ccc(O)cc1)NC(=O)[C@@H](NC(=O)[C@@H]1CCCN1C(=O)[C@@H](N)CC(=O)O)[C@@H](C)CC)C(=O)O. The molecule has 0 radical (unpaired) electrons. The van der Waals surface area contributed by atoms with Crippen molar-refractivity contribution in [3.63, 3.8) is 0 Å². The number of aliphatic carboxylic acids is 2. The summed E-state index contributed by atoms with van der Waals surface area (Å²) in [5.41, 5.74) is 6.35. The number of carboxylic acids is 2. The number of carbonyl (C=O) groups excluding carboxylic acids is 6. The van der Waals surface area contributed by atoms with Crippen LogP contribution in [0.5, 0.6) is 5.75 Å². The Hall–Kier alpha value is -5.26. The maximum Gasteiger partial charge on any atom is 0.326 e. The van der Waals surface area contributed by atoms with Crippen molar-refractivity contribution in [3.8, 4) is 5.75 Å². The topological polar surface area (TPSA) is 287 Å². The zero-order valence-corrected chi connectivity index (χ0v) is 33.0. The van der Waals surface area contributed by atoms with Gasteiger partial charge in [0.05, 0.1) is 19.0 Å². The van der Waals surface area contributed by atoms with Crippen LogP contribution in [0, 0.1) is 17.8 Å². The first-order chi connectivity index (χ1) is 26.3. The van der Waals surface area contributed by atoms with Crippen molar-refractivity contribution in [1.82, 2.24) is 31.5 Å². The zero-order chi connectivity index (χ0) is 42.3. The largest absolute Gasteiger partial charge is 0.508 e. The molecule has 18 nitrogen and oxygen atoms in total. The van der Waals surface area contributed by atoms with Crippen LogP contribution in [0.3, 0.4) is 0 Å². The van der Waals surface area contributed by atoms with Gasteiger partial charge in [-0.3, -0.25) is 33.6 Å². The number of nitrogens with two attached hydrogens (primary N) is 1. The van der Waals surface area contributed by atoms with Gasteiger partial charge in [-0.15, -0.1) is 0 Å². The van der Waals surface area contributed by atoms with Crippen molar-refractivity contribution in [1.29, 1.82) is 0 Å². The van der Waals surface area contributed by atoms with Gasteiger partial charge in [0.15, 0.2) is 0 Å². The van der Waals surface area contributed by atoms with Crippen molar-refractivity contribution in [2.45, 2.75) is 123 Å². The smallest absolute Gasteiger partial charge is 0.326 e. The average Bonchev–Trinajstić information content (AvgIpc) is 3.64. The monoisotopic (exact) mass is 789 g/mol. The molecule has 0 saturated carbocycles. The Kier molecular flexibility index (Phi) is 18.7. The van der Waals surface area contributed by atoms with Gasteiger partial charge in [0.25, 0.3) is 0 Å². The lowest BCUT2D eigenvalue weighted by molar-refractivity contribution is -0.144. The minimum absolute atomic E-state index is 0.0294. The number of phenols is 1. The molecule has 0 aromatic heterocycles. The fourth-order valence-corrected chi connectivity index (χ4v) is 6.25. The predicted octanol–water partition coefficient (Wildman–Crippen LogP) is 0.00600. The second-order valence-corrected chi connectivity index (χ2v) is 14.9. The van der Waals surface area contributed by atoms with Crippen LogP contribution in [0.4, 0.5) is 0 Å². The van der Waals surface area contributed by atoms with Gasteiger partial charge in [-0.2, -0.15) is 0 Å². The number of amides is 6.